The van der Waals surface area contributed by atoms with Crippen molar-refractivity contribution in [3.05, 3.63) is 66.1 Å². The second-order valence-corrected chi connectivity index (χ2v) is 5.38. The third-order valence-corrected chi connectivity index (χ3v) is 3.62. The number of ether oxygens (including phenoxy) is 1. The van der Waals surface area contributed by atoms with Gasteiger partial charge in [-0.3, -0.25) is 9.78 Å². The van der Waals surface area contributed by atoms with Crippen LogP contribution in [0.2, 0.25) is 0 Å². The van der Waals surface area contributed by atoms with Crippen molar-refractivity contribution in [2.45, 2.75) is 19.9 Å². The third kappa shape index (κ3) is 3.51. The van der Waals surface area contributed by atoms with Gasteiger partial charge in [0.15, 0.2) is 0 Å². The molecule has 24 heavy (non-hydrogen) atoms. The van der Waals surface area contributed by atoms with E-state index in [1.807, 2.05) is 49.4 Å². The summed E-state index contributed by atoms with van der Waals surface area (Å²) < 4.78 is 5.62. The molecule has 0 atom stereocenters. The zero-order valence-corrected chi connectivity index (χ0v) is 13.5. The molecule has 5 nitrogen and oxygen atoms in total. The Morgan fingerprint density at radius 2 is 1.96 bits per heavy atom. The third-order valence-electron chi connectivity index (χ3n) is 3.62. The minimum atomic E-state index is -0.211. The van der Waals surface area contributed by atoms with Gasteiger partial charge in [0.25, 0.3) is 5.91 Å². The van der Waals surface area contributed by atoms with E-state index in [0.29, 0.717) is 24.7 Å². The molecule has 0 radical (unpaired) electrons. The molecule has 0 saturated heterocycles. The molecular weight excluding hydrogens is 302 g/mol. The fourth-order valence-corrected chi connectivity index (χ4v) is 2.45. The summed E-state index contributed by atoms with van der Waals surface area (Å²) in [7, 11) is 0. The lowest BCUT2D eigenvalue weighted by atomic mass is 10.1. The van der Waals surface area contributed by atoms with Crippen LogP contribution in [-0.4, -0.2) is 22.5 Å². The smallest absolute Gasteiger partial charge is 0.270 e. The van der Waals surface area contributed by atoms with Gasteiger partial charge in [0, 0.05) is 29.9 Å². The Morgan fingerprint density at radius 3 is 2.83 bits per heavy atom. The van der Waals surface area contributed by atoms with Crippen molar-refractivity contribution >= 4 is 16.7 Å². The number of hydrogen-bond acceptors (Lipinski definition) is 4. The van der Waals surface area contributed by atoms with Gasteiger partial charge in [-0.25, -0.2) is 4.98 Å². The van der Waals surface area contributed by atoms with Crippen LogP contribution in [0.15, 0.2) is 54.9 Å². The van der Waals surface area contributed by atoms with Crippen LogP contribution in [0.5, 0.6) is 5.88 Å². The maximum Gasteiger partial charge on any atom is 0.270 e. The van der Waals surface area contributed by atoms with Crippen molar-refractivity contribution in [2.24, 2.45) is 0 Å². The molecule has 1 amide bonds. The van der Waals surface area contributed by atoms with E-state index in [2.05, 4.69) is 15.3 Å². The number of hydrogen-bond donors (Lipinski definition) is 1. The first kappa shape index (κ1) is 15.9. The fourth-order valence-electron chi connectivity index (χ4n) is 2.45. The number of amides is 1. The predicted molar refractivity (Wildman–Crippen MR) is 92.9 cm³/mol. The quantitative estimate of drug-likeness (QED) is 0.756. The lowest BCUT2D eigenvalue weighted by molar-refractivity contribution is 0.0947. The summed E-state index contributed by atoms with van der Waals surface area (Å²) in [4.78, 5) is 21.0. The maximum atomic E-state index is 12.5. The van der Waals surface area contributed by atoms with Crippen LogP contribution in [-0.2, 0) is 6.54 Å². The van der Waals surface area contributed by atoms with Crippen LogP contribution < -0.4 is 10.1 Å². The highest BCUT2D eigenvalue weighted by molar-refractivity contribution is 6.05. The summed E-state index contributed by atoms with van der Waals surface area (Å²) in [5, 5.41) is 4.73. The first-order chi connectivity index (χ1) is 11.8. The zero-order valence-electron chi connectivity index (χ0n) is 13.5. The van der Waals surface area contributed by atoms with Crippen LogP contribution in [0, 0.1) is 0 Å². The number of aromatic nitrogens is 2. The molecule has 0 bridgehead atoms. The number of carbonyl (C=O) groups is 1. The van der Waals surface area contributed by atoms with E-state index in [1.165, 1.54) is 0 Å². The Kier molecular flexibility index (Phi) is 5.01. The van der Waals surface area contributed by atoms with Crippen molar-refractivity contribution in [3.63, 3.8) is 0 Å². The molecule has 2 heterocycles. The summed E-state index contributed by atoms with van der Waals surface area (Å²) >= 11 is 0. The van der Waals surface area contributed by atoms with E-state index < -0.39 is 0 Å². The first-order valence-electron chi connectivity index (χ1n) is 7.98. The van der Waals surface area contributed by atoms with Crippen molar-refractivity contribution in [3.8, 4) is 5.88 Å². The van der Waals surface area contributed by atoms with Gasteiger partial charge < -0.3 is 10.1 Å². The minimum Gasteiger partial charge on any atom is -0.477 e. The number of benzene rings is 1. The van der Waals surface area contributed by atoms with E-state index in [4.69, 9.17) is 4.74 Å². The second-order valence-electron chi connectivity index (χ2n) is 5.38. The number of nitrogens with one attached hydrogen (secondary N) is 1. The van der Waals surface area contributed by atoms with Gasteiger partial charge in [0.1, 0.15) is 5.69 Å². The molecule has 0 unspecified atom stereocenters. The van der Waals surface area contributed by atoms with Crippen molar-refractivity contribution in [2.75, 3.05) is 6.61 Å². The molecule has 0 saturated carbocycles. The van der Waals surface area contributed by atoms with Gasteiger partial charge >= 0.3 is 0 Å². The van der Waals surface area contributed by atoms with Crippen LogP contribution in [0.3, 0.4) is 0 Å². The van der Waals surface area contributed by atoms with Gasteiger partial charge in [0.05, 0.1) is 6.61 Å². The lowest BCUT2D eigenvalue weighted by Crippen LogP contribution is -2.24. The van der Waals surface area contributed by atoms with Gasteiger partial charge in [-0.2, -0.15) is 0 Å². The van der Waals surface area contributed by atoms with Crippen LogP contribution >= 0.6 is 0 Å². The van der Waals surface area contributed by atoms with Gasteiger partial charge in [-0.1, -0.05) is 37.3 Å². The summed E-state index contributed by atoms with van der Waals surface area (Å²) in [6, 6.07) is 13.3. The Bertz CT molecular complexity index is 843. The highest BCUT2D eigenvalue weighted by atomic mass is 16.5. The summed E-state index contributed by atoms with van der Waals surface area (Å²) in [5.41, 5.74) is 1.27. The number of pyridine rings is 2. The van der Waals surface area contributed by atoms with Crippen LogP contribution in [0.25, 0.3) is 10.8 Å². The highest BCUT2D eigenvalue weighted by Gasteiger charge is 2.12. The fraction of sp³-hybridized carbons (Fsp3) is 0.211. The molecule has 0 aliphatic rings. The number of carbonyl (C=O) groups excluding carboxylic acids is 1. The van der Waals surface area contributed by atoms with Crippen LogP contribution in [0.4, 0.5) is 0 Å². The van der Waals surface area contributed by atoms with Crippen molar-refractivity contribution in [1.29, 1.82) is 0 Å². The molecule has 3 rings (SSSR count). The van der Waals surface area contributed by atoms with E-state index in [9.17, 15) is 4.79 Å². The maximum absolute atomic E-state index is 12.5. The van der Waals surface area contributed by atoms with Gasteiger partial charge in [-0.05, 0) is 23.9 Å². The average Bonchev–Trinajstić information content (AvgIpc) is 2.64. The highest BCUT2D eigenvalue weighted by Crippen LogP contribution is 2.17. The van der Waals surface area contributed by atoms with Crippen LogP contribution in [0.1, 0.15) is 29.4 Å². The zero-order chi connectivity index (χ0) is 16.8. The Balaban J connectivity index is 1.76. The summed E-state index contributed by atoms with van der Waals surface area (Å²) in [6.07, 6.45) is 4.24. The lowest BCUT2D eigenvalue weighted by Gasteiger charge is -2.11. The van der Waals surface area contributed by atoms with E-state index in [0.717, 1.165) is 22.8 Å². The first-order valence-corrected chi connectivity index (χ1v) is 7.98. The molecule has 122 valence electrons. The Hall–Kier alpha value is -2.95. The summed E-state index contributed by atoms with van der Waals surface area (Å²) in [6.45, 7) is 2.98. The molecule has 1 aromatic carbocycles. The molecule has 0 fully saturated rings. The number of rotatable bonds is 6. The largest absolute Gasteiger partial charge is 0.477 e. The van der Waals surface area contributed by atoms with E-state index >= 15 is 0 Å². The van der Waals surface area contributed by atoms with E-state index in [-0.39, 0.29) is 5.91 Å². The Labute approximate surface area is 140 Å². The monoisotopic (exact) mass is 321 g/mol. The normalized spacial score (nSPS) is 10.5. The number of nitrogens with zero attached hydrogens (tertiary/aromatic N) is 2. The number of fused-ring (bicyclic) bond motifs is 1. The Morgan fingerprint density at radius 1 is 1.08 bits per heavy atom. The summed E-state index contributed by atoms with van der Waals surface area (Å²) in [5.74, 6) is 0.350. The molecule has 1 N–H and O–H groups in total. The topological polar surface area (TPSA) is 64.1 Å². The molecule has 0 aliphatic heterocycles. The predicted octanol–water partition coefficient (Wildman–Crippen LogP) is 3.35. The second kappa shape index (κ2) is 7.55. The standard InChI is InChI=1S/C19H19N3O2/c1-2-12-24-19-15(7-5-10-21-19)13-22-18(23)17-16-8-4-3-6-14(16)9-11-20-17/h3-11H,2,12-13H2,1H3,(H,22,23). The molecule has 3 aromatic rings. The van der Waals surface area contributed by atoms with Gasteiger partial charge in [-0.15, -0.1) is 0 Å². The van der Waals surface area contributed by atoms with E-state index in [1.54, 1.807) is 12.4 Å². The minimum absolute atomic E-state index is 0.211. The molecule has 0 spiro atoms. The van der Waals surface area contributed by atoms with Crippen molar-refractivity contribution in [1.82, 2.24) is 15.3 Å². The van der Waals surface area contributed by atoms with Gasteiger partial charge in [0.2, 0.25) is 5.88 Å². The molecule has 2 aromatic heterocycles. The SMILES string of the molecule is CCCOc1ncccc1CNC(=O)c1nccc2ccccc12. The molecular formula is C19H19N3O2. The molecule has 0 aliphatic carbocycles. The van der Waals surface area contributed by atoms with Crippen molar-refractivity contribution < 1.29 is 9.53 Å². The molecule has 5 heteroatoms. The average molecular weight is 321 g/mol.